The number of hydrogen-bond acceptors (Lipinski definition) is 14. The number of carbonyl (C=O) groups excluding carboxylic acids is 1. The van der Waals surface area contributed by atoms with Gasteiger partial charge in [-0.25, -0.2) is 25.3 Å². The number of hydrogen-bond donors (Lipinski definition) is 2. The third-order valence-electron chi connectivity index (χ3n) is 11.1. The molecule has 2 aliphatic rings. The molecule has 0 spiro atoms. The quantitative estimate of drug-likeness (QED) is 0.0866. The van der Waals surface area contributed by atoms with Crippen molar-refractivity contribution in [1.82, 2.24) is 5.32 Å². The topological polar surface area (TPSA) is 263 Å². The first kappa shape index (κ1) is 48.6. The predicted molar refractivity (Wildman–Crippen MR) is 218 cm³/mol. The molecule has 0 aromatic heterocycles. The van der Waals surface area contributed by atoms with Crippen LogP contribution >= 0.6 is 0 Å². The van der Waals surface area contributed by atoms with Crippen LogP contribution in [0.15, 0.2) is 70.1 Å². The molecule has 0 radical (unpaired) electrons. The summed E-state index contributed by atoms with van der Waals surface area (Å²) in [6.07, 6.45) is 7.59. The summed E-state index contributed by atoms with van der Waals surface area (Å²) in [5.74, 6) is -1.83. The fourth-order valence-corrected chi connectivity index (χ4v) is 9.60. The standard InChI is InChI=1S/C40H55N3O14S3/c1-39(19-9-13-37(44)41-21-24-56-3)32-28-30(60(53,54)55)16-18-34(32)43(23-25-57-4)36(39)12-8-11-35-40(2,20-10-26-58(47,48)49)31-27-29(59(50,51)52)15-17-33(31)42(35)22-7-5-6-14-38(45)46/h8,11-12,15-18,27-28H,5-7,9-10,13-14,19-26H2,1-4H3,(H4-,41,44,45,46,47,48,49,50,51,52,53,54,55)/p-2. The van der Waals surface area contributed by atoms with Crippen molar-refractivity contribution in [2.45, 2.75) is 92.3 Å². The van der Waals surface area contributed by atoms with E-state index in [1.165, 1.54) is 44.6 Å². The van der Waals surface area contributed by atoms with Crippen LogP contribution in [0, 0.1) is 0 Å². The van der Waals surface area contributed by atoms with E-state index >= 15 is 0 Å². The molecule has 1 amide bonds. The minimum atomic E-state index is -4.91. The monoisotopic (exact) mass is 895 g/mol. The zero-order chi connectivity index (χ0) is 44.5. The highest BCUT2D eigenvalue weighted by molar-refractivity contribution is 7.86. The maximum Gasteiger partial charge on any atom is 0.303 e. The van der Waals surface area contributed by atoms with E-state index in [-0.39, 0.29) is 38.2 Å². The van der Waals surface area contributed by atoms with Gasteiger partial charge in [-0.2, -0.15) is 4.58 Å². The number of methoxy groups -OCH3 is 2. The normalized spacial score (nSPS) is 20.0. The molecular formula is C40H53N3O14S3-2. The first-order chi connectivity index (χ1) is 28.1. The van der Waals surface area contributed by atoms with Gasteiger partial charge in [-0.05, 0) is 94.3 Å². The van der Waals surface area contributed by atoms with E-state index in [1.54, 1.807) is 25.1 Å². The lowest BCUT2D eigenvalue weighted by molar-refractivity contribution is -0.438. The van der Waals surface area contributed by atoms with Gasteiger partial charge in [-0.3, -0.25) is 9.59 Å². The van der Waals surface area contributed by atoms with E-state index < -0.39 is 62.7 Å². The lowest BCUT2D eigenvalue weighted by atomic mass is 9.75. The van der Waals surface area contributed by atoms with Crippen LogP contribution in [0.2, 0.25) is 0 Å². The summed E-state index contributed by atoms with van der Waals surface area (Å²) in [7, 11) is -11.3. The fraction of sp³-hybridized carbons (Fsp3) is 0.525. The van der Waals surface area contributed by atoms with Crippen LogP contribution in [0.5, 0.6) is 0 Å². The third kappa shape index (κ3) is 12.1. The number of carbonyl (C=O) groups is 2. The van der Waals surface area contributed by atoms with E-state index in [9.17, 15) is 48.5 Å². The molecule has 17 nitrogen and oxygen atoms in total. The average molecular weight is 896 g/mol. The molecule has 2 aromatic rings. The Morgan fingerprint density at radius 2 is 1.45 bits per heavy atom. The van der Waals surface area contributed by atoms with E-state index in [4.69, 9.17) is 14.6 Å². The Kier molecular flexibility index (Phi) is 16.4. The summed E-state index contributed by atoms with van der Waals surface area (Å²) in [5, 5.41) is 12.0. The van der Waals surface area contributed by atoms with Crippen LogP contribution in [-0.4, -0.2) is 119 Å². The number of nitrogens with zero attached hydrogens (tertiary/aromatic N) is 2. The van der Waals surface area contributed by atoms with Gasteiger partial charge < -0.3 is 38.5 Å². The van der Waals surface area contributed by atoms with Crippen LogP contribution in [0.25, 0.3) is 0 Å². The van der Waals surface area contributed by atoms with Gasteiger partial charge in [0, 0.05) is 86.8 Å². The molecule has 2 heterocycles. The molecule has 2 atom stereocenters. The largest absolute Gasteiger partial charge is 0.748 e. The molecule has 60 heavy (non-hydrogen) atoms. The summed E-state index contributed by atoms with van der Waals surface area (Å²) >= 11 is 0. The molecule has 4 rings (SSSR count). The molecule has 0 saturated carbocycles. The number of amides is 1. The van der Waals surface area contributed by atoms with E-state index in [0.29, 0.717) is 92.3 Å². The highest BCUT2D eigenvalue weighted by atomic mass is 32.2. The van der Waals surface area contributed by atoms with Crippen molar-refractivity contribution in [3.8, 4) is 0 Å². The van der Waals surface area contributed by atoms with Gasteiger partial charge in [0.1, 0.15) is 26.8 Å². The zero-order valence-corrected chi connectivity index (χ0v) is 36.6. The number of aliphatic carboxylic acids is 1. The Morgan fingerprint density at radius 3 is 2.07 bits per heavy atom. The summed E-state index contributed by atoms with van der Waals surface area (Å²) in [5.41, 5.74) is 1.36. The molecule has 2 unspecified atom stereocenters. The van der Waals surface area contributed by atoms with Crippen molar-refractivity contribution in [2.75, 3.05) is 57.7 Å². The molecule has 0 saturated heterocycles. The lowest BCUT2D eigenvalue weighted by Crippen LogP contribution is -2.32. The van der Waals surface area contributed by atoms with E-state index in [0.717, 1.165) is 0 Å². The summed E-state index contributed by atoms with van der Waals surface area (Å²) in [4.78, 5) is 24.9. The van der Waals surface area contributed by atoms with Crippen LogP contribution in [0.3, 0.4) is 0 Å². The van der Waals surface area contributed by atoms with Gasteiger partial charge in [-0.1, -0.05) is 6.08 Å². The zero-order valence-electron chi connectivity index (χ0n) is 34.2. The molecule has 2 N–H and O–H groups in total. The minimum absolute atomic E-state index is 0.0335. The Bertz CT molecular complexity index is 2340. The Morgan fingerprint density at radius 1 is 0.817 bits per heavy atom. The smallest absolute Gasteiger partial charge is 0.303 e. The summed E-state index contributed by atoms with van der Waals surface area (Å²) in [6.45, 7) is 5.23. The number of allylic oxidation sites excluding steroid dienone is 4. The van der Waals surface area contributed by atoms with Crippen molar-refractivity contribution in [3.63, 3.8) is 0 Å². The van der Waals surface area contributed by atoms with Crippen molar-refractivity contribution in [2.24, 2.45) is 0 Å². The summed E-state index contributed by atoms with van der Waals surface area (Å²) in [6, 6.07) is 8.13. The van der Waals surface area contributed by atoms with E-state index in [1.807, 2.05) is 22.5 Å². The van der Waals surface area contributed by atoms with Gasteiger partial charge in [0.15, 0.2) is 5.71 Å². The highest BCUT2D eigenvalue weighted by Crippen LogP contribution is 2.51. The van der Waals surface area contributed by atoms with Crippen molar-refractivity contribution in [3.05, 3.63) is 71.5 Å². The van der Waals surface area contributed by atoms with Crippen molar-refractivity contribution >= 4 is 59.3 Å². The molecule has 2 aliphatic heterocycles. The Labute approximate surface area is 352 Å². The molecule has 2 aromatic carbocycles. The number of carboxylic acids is 1. The second-order valence-electron chi connectivity index (χ2n) is 15.3. The number of unbranched alkanes of at least 4 members (excludes halogenated alkanes) is 2. The number of nitrogens with one attached hydrogen (secondary N) is 1. The molecule has 0 fully saturated rings. The fourth-order valence-electron chi connectivity index (χ4n) is 8.10. The number of fused-ring (bicyclic) bond motifs is 2. The van der Waals surface area contributed by atoms with Gasteiger partial charge in [0.05, 0.1) is 38.5 Å². The number of benzene rings is 2. The van der Waals surface area contributed by atoms with Crippen LogP contribution in [0.4, 0.5) is 11.4 Å². The second kappa shape index (κ2) is 20.2. The van der Waals surface area contributed by atoms with E-state index in [2.05, 4.69) is 5.32 Å². The van der Waals surface area contributed by atoms with Gasteiger partial charge >= 0.3 is 5.97 Å². The number of rotatable bonds is 24. The second-order valence-corrected chi connectivity index (χ2v) is 19.6. The maximum atomic E-state index is 12.7. The average Bonchev–Trinajstić information content (AvgIpc) is 3.52. The number of ether oxygens (including phenoxy) is 2. The Hall–Kier alpha value is -4.02. The first-order valence-electron chi connectivity index (χ1n) is 19.5. The van der Waals surface area contributed by atoms with Crippen LogP contribution in [0.1, 0.15) is 82.8 Å². The molecule has 20 heteroatoms. The predicted octanol–water partition coefficient (Wildman–Crippen LogP) is 3.62. The molecule has 0 bridgehead atoms. The minimum Gasteiger partial charge on any atom is -0.748 e. The summed E-state index contributed by atoms with van der Waals surface area (Å²) < 4.78 is 121. The van der Waals surface area contributed by atoms with Gasteiger partial charge in [0.2, 0.25) is 11.6 Å². The maximum absolute atomic E-state index is 12.7. The van der Waals surface area contributed by atoms with Gasteiger partial charge in [-0.15, -0.1) is 0 Å². The van der Waals surface area contributed by atoms with Crippen LogP contribution in [-0.2, 0) is 60.2 Å². The van der Waals surface area contributed by atoms with Crippen molar-refractivity contribution in [1.29, 1.82) is 0 Å². The highest BCUT2D eigenvalue weighted by Gasteiger charge is 2.48. The lowest BCUT2D eigenvalue weighted by Gasteiger charge is -2.30. The third-order valence-corrected chi connectivity index (χ3v) is 13.5. The first-order valence-corrected chi connectivity index (χ1v) is 23.9. The molecule has 332 valence electrons. The molecule has 0 aliphatic carbocycles. The molecular weight excluding hydrogens is 843 g/mol. The van der Waals surface area contributed by atoms with Crippen molar-refractivity contribution < 1.29 is 67.7 Å². The SMILES string of the molecule is COCCNC(=O)CCCC1(C)/C(=C\C=C\C2=[N+](CCCCCC(=O)O)c3ccc(S(=O)(=O)[O-])cc3C2(C)CCCS(=O)(=O)[O-])N(CCOC)c2ccc(S(=O)(=O)[O-])cc21. The number of anilines is 1. The Balaban J connectivity index is 1.89. The van der Waals surface area contributed by atoms with Gasteiger partial charge in [0.25, 0.3) is 0 Å². The number of carboxylic acid groups (broad SMARTS) is 1. The van der Waals surface area contributed by atoms with Crippen LogP contribution < -0.4 is 10.2 Å².